The number of hydrogen-bond donors (Lipinski definition) is 3. The second-order valence-electron chi connectivity index (χ2n) is 9.76. The average molecular weight is 483 g/mol. The Kier molecular flexibility index (Phi) is 5.76. The lowest BCUT2D eigenvalue weighted by molar-refractivity contribution is 0.0953. The molecule has 0 spiro atoms. The Bertz CT molecular complexity index is 1540. The van der Waals surface area contributed by atoms with Gasteiger partial charge in [-0.05, 0) is 73.7 Å². The van der Waals surface area contributed by atoms with Crippen molar-refractivity contribution in [2.75, 3.05) is 6.54 Å². The number of nitrogens with zero attached hydrogens (tertiary/aromatic N) is 2. The lowest BCUT2D eigenvalue weighted by atomic mass is 9.94. The monoisotopic (exact) mass is 482 g/mol. The third kappa shape index (κ3) is 3.94. The Labute approximate surface area is 209 Å². The van der Waals surface area contributed by atoms with E-state index in [9.17, 15) is 9.90 Å². The summed E-state index contributed by atoms with van der Waals surface area (Å²) in [6.45, 7) is 2.48. The number of nitrogens with one attached hydrogen (secondary N) is 2. The van der Waals surface area contributed by atoms with E-state index in [1.807, 2.05) is 37.4 Å². The summed E-state index contributed by atoms with van der Waals surface area (Å²) in [7, 11) is 0. The van der Waals surface area contributed by atoms with E-state index in [2.05, 4.69) is 14.9 Å². The number of aromatic hydroxyl groups is 1. The predicted molar refractivity (Wildman–Crippen MR) is 140 cm³/mol. The predicted octanol–water partition coefficient (Wildman–Crippen LogP) is 6.27. The molecule has 0 radical (unpaired) electrons. The number of amides is 1. The van der Waals surface area contributed by atoms with Crippen LogP contribution in [0, 0.1) is 6.92 Å². The first-order valence-electron chi connectivity index (χ1n) is 12.7. The Morgan fingerprint density at radius 1 is 1.19 bits per heavy atom. The highest BCUT2D eigenvalue weighted by Crippen LogP contribution is 2.37. The number of rotatable bonds is 6. The van der Waals surface area contributed by atoms with Crippen LogP contribution >= 0.6 is 0 Å². The number of hydrogen-bond acceptors (Lipinski definition) is 4. The van der Waals surface area contributed by atoms with E-state index < -0.39 is 0 Å². The summed E-state index contributed by atoms with van der Waals surface area (Å²) in [6, 6.07) is 11.6. The highest BCUT2D eigenvalue weighted by molar-refractivity contribution is 6.00. The molecule has 7 heteroatoms. The zero-order valence-corrected chi connectivity index (χ0v) is 20.4. The molecular weight excluding hydrogens is 452 g/mol. The molecule has 0 saturated heterocycles. The molecule has 3 aromatic heterocycles. The maximum absolute atomic E-state index is 13.2. The summed E-state index contributed by atoms with van der Waals surface area (Å²) in [4.78, 5) is 21.4. The quantitative estimate of drug-likeness (QED) is 0.266. The summed E-state index contributed by atoms with van der Waals surface area (Å²) in [5.41, 5.74) is 6.48. The molecule has 3 N–H and O–H groups in total. The van der Waals surface area contributed by atoms with Crippen molar-refractivity contribution in [3.05, 3.63) is 71.8 Å². The minimum atomic E-state index is -0.103. The van der Waals surface area contributed by atoms with Gasteiger partial charge in [-0.3, -0.25) is 4.79 Å². The van der Waals surface area contributed by atoms with Gasteiger partial charge in [-0.1, -0.05) is 19.3 Å². The molecule has 1 amide bonds. The van der Waals surface area contributed by atoms with E-state index in [0.717, 1.165) is 57.3 Å². The zero-order valence-electron chi connectivity index (χ0n) is 20.4. The minimum absolute atomic E-state index is 0.103. The Morgan fingerprint density at radius 2 is 2.06 bits per heavy atom. The number of phenolic OH excluding ortho intramolecular Hbond substituents is 1. The number of aromatic nitrogens is 3. The van der Waals surface area contributed by atoms with Crippen molar-refractivity contribution < 1.29 is 14.3 Å². The van der Waals surface area contributed by atoms with Crippen LogP contribution < -0.4 is 5.32 Å². The van der Waals surface area contributed by atoms with Gasteiger partial charge in [-0.25, -0.2) is 4.98 Å². The third-order valence-electron chi connectivity index (χ3n) is 7.51. The van der Waals surface area contributed by atoms with Crippen molar-refractivity contribution >= 4 is 27.8 Å². The molecule has 1 saturated carbocycles. The molecule has 0 unspecified atom stereocenters. The summed E-state index contributed by atoms with van der Waals surface area (Å²) in [5, 5.41) is 13.9. The first-order chi connectivity index (χ1) is 17.6. The van der Waals surface area contributed by atoms with Crippen LogP contribution in [0.2, 0.25) is 0 Å². The number of benzene rings is 2. The molecule has 5 aromatic rings. The molecule has 0 atom stereocenters. The maximum Gasteiger partial charge on any atom is 0.251 e. The van der Waals surface area contributed by atoms with Crippen molar-refractivity contribution in [2.45, 2.75) is 51.5 Å². The number of carbonyl (C=O) groups is 1. The van der Waals surface area contributed by atoms with Gasteiger partial charge in [0.2, 0.25) is 0 Å². The van der Waals surface area contributed by atoms with Gasteiger partial charge >= 0.3 is 0 Å². The Morgan fingerprint density at radius 3 is 2.86 bits per heavy atom. The fourth-order valence-corrected chi connectivity index (χ4v) is 5.62. The molecule has 6 rings (SSSR count). The van der Waals surface area contributed by atoms with Gasteiger partial charge in [0.15, 0.2) is 0 Å². The Hall–Kier alpha value is -4.00. The summed E-state index contributed by atoms with van der Waals surface area (Å²) in [5.74, 6) is 1.04. The van der Waals surface area contributed by atoms with Crippen LogP contribution in [0.1, 0.15) is 59.6 Å². The molecule has 184 valence electrons. The van der Waals surface area contributed by atoms with Gasteiger partial charge in [0, 0.05) is 35.2 Å². The fraction of sp³-hybridized carbons (Fsp3) is 0.310. The average Bonchev–Trinajstić information content (AvgIpc) is 3.64. The largest absolute Gasteiger partial charge is 0.508 e. The van der Waals surface area contributed by atoms with Crippen LogP contribution in [-0.2, 0) is 6.42 Å². The van der Waals surface area contributed by atoms with E-state index in [1.54, 1.807) is 24.7 Å². The van der Waals surface area contributed by atoms with Gasteiger partial charge in [0.25, 0.3) is 5.91 Å². The number of imidazole rings is 1. The van der Waals surface area contributed by atoms with Gasteiger partial charge in [0.05, 0.1) is 22.9 Å². The third-order valence-corrected chi connectivity index (χ3v) is 7.51. The van der Waals surface area contributed by atoms with Crippen molar-refractivity contribution in [1.82, 2.24) is 19.9 Å². The number of carbonyl (C=O) groups excluding carboxylic acids is 1. The summed E-state index contributed by atoms with van der Waals surface area (Å²) >= 11 is 0. The second kappa shape index (κ2) is 9.22. The van der Waals surface area contributed by atoms with Gasteiger partial charge in [-0.15, -0.1) is 0 Å². The van der Waals surface area contributed by atoms with Crippen LogP contribution in [0.25, 0.3) is 33.3 Å². The van der Waals surface area contributed by atoms with Gasteiger partial charge in [-0.2, -0.15) is 0 Å². The molecule has 0 bridgehead atoms. The summed E-state index contributed by atoms with van der Waals surface area (Å²) in [6.07, 6.45) is 12.0. The van der Waals surface area contributed by atoms with Crippen LogP contribution in [0.5, 0.6) is 5.75 Å². The first kappa shape index (κ1) is 22.5. The highest BCUT2D eigenvalue weighted by atomic mass is 16.3. The van der Waals surface area contributed by atoms with Crippen LogP contribution in [0.3, 0.4) is 0 Å². The fourth-order valence-electron chi connectivity index (χ4n) is 5.62. The van der Waals surface area contributed by atoms with Crippen molar-refractivity contribution in [2.24, 2.45) is 0 Å². The molecule has 0 aliphatic heterocycles. The number of fused-ring (bicyclic) bond motifs is 2. The van der Waals surface area contributed by atoms with Crippen LogP contribution in [-0.4, -0.2) is 32.1 Å². The Balaban J connectivity index is 1.27. The lowest BCUT2D eigenvalue weighted by Crippen LogP contribution is -2.26. The van der Waals surface area contributed by atoms with Crippen molar-refractivity contribution in [3.63, 3.8) is 0 Å². The number of aryl methyl sites for hydroxylation is 1. The SMILES string of the molecule is Cc1c(C(=O)NCCc2c[nH]c3ccc(O)cc23)ccc2c1nc(-c1ccoc1)n2C1CCCCC1. The molecule has 1 aliphatic carbocycles. The van der Waals surface area contributed by atoms with Gasteiger partial charge < -0.3 is 24.4 Å². The first-order valence-corrected chi connectivity index (χ1v) is 12.7. The topological polar surface area (TPSA) is 96.1 Å². The highest BCUT2D eigenvalue weighted by Gasteiger charge is 2.25. The van der Waals surface area contributed by atoms with Crippen molar-refractivity contribution in [1.29, 1.82) is 0 Å². The van der Waals surface area contributed by atoms with E-state index >= 15 is 0 Å². The smallest absolute Gasteiger partial charge is 0.251 e. The van der Waals surface area contributed by atoms with Crippen molar-refractivity contribution in [3.8, 4) is 17.1 Å². The molecule has 1 fully saturated rings. The molecule has 2 aromatic carbocycles. The number of aromatic amines is 1. The maximum atomic E-state index is 13.2. The van der Waals surface area contributed by atoms with E-state index in [4.69, 9.17) is 9.40 Å². The number of phenols is 1. The molecule has 1 aliphatic rings. The molecule has 3 heterocycles. The van der Waals surface area contributed by atoms with Gasteiger partial charge in [0.1, 0.15) is 17.8 Å². The van der Waals surface area contributed by atoms with E-state index in [-0.39, 0.29) is 11.7 Å². The van der Waals surface area contributed by atoms with Crippen LogP contribution in [0.15, 0.2) is 59.5 Å². The lowest BCUT2D eigenvalue weighted by Gasteiger charge is -2.25. The molecule has 36 heavy (non-hydrogen) atoms. The second-order valence-corrected chi connectivity index (χ2v) is 9.76. The number of H-pyrrole nitrogens is 1. The van der Waals surface area contributed by atoms with E-state index in [0.29, 0.717) is 24.6 Å². The number of furan rings is 1. The summed E-state index contributed by atoms with van der Waals surface area (Å²) < 4.78 is 7.74. The van der Waals surface area contributed by atoms with Crippen LogP contribution in [0.4, 0.5) is 0 Å². The standard InChI is InChI=1S/C29H30N4O3/c1-18-23(29(35)30-13-11-19-16-31-25-9-7-22(34)15-24(19)25)8-10-26-27(18)32-28(20-12-14-36-17-20)33(26)21-5-3-2-4-6-21/h7-10,12,14-17,21,31,34H,2-6,11,13H2,1H3,(H,30,35). The normalized spacial score (nSPS) is 14.6. The zero-order chi connectivity index (χ0) is 24.6. The minimum Gasteiger partial charge on any atom is -0.508 e. The molecule has 7 nitrogen and oxygen atoms in total. The molecular formula is C29H30N4O3. The van der Waals surface area contributed by atoms with E-state index in [1.165, 1.54) is 19.3 Å².